The predicted octanol–water partition coefficient (Wildman–Crippen LogP) is 3.08. The van der Waals surface area contributed by atoms with E-state index in [0.717, 1.165) is 12.2 Å². The summed E-state index contributed by atoms with van der Waals surface area (Å²) < 4.78 is 2.05. The van der Waals surface area contributed by atoms with Crippen LogP contribution in [0.2, 0.25) is 0 Å². The molecule has 0 aliphatic carbocycles. The fraction of sp³-hybridized carbons (Fsp3) is 0.235. The second-order valence-electron chi connectivity index (χ2n) is 5.21. The van der Waals surface area contributed by atoms with Gasteiger partial charge in [0.1, 0.15) is 6.04 Å². The summed E-state index contributed by atoms with van der Waals surface area (Å²) in [5, 5.41) is 8.88. The Morgan fingerprint density at radius 3 is 2.68 bits per heavy atom. The Balaban J connectivity index is 1.85. The van der Waals surface area contributed by atoms with Crippen LogP contribution in [-0.2, 0) is 11.3 Å². The van der Waals surface area contributed by atoms with Gasteiger partial charge in [-0.3, -0.25) is 10.0 Å². The van der Waals surface area contributed by atoms with E-state index in [2.05, 4.69) is 24.3 Å². The molecule has 22 heavy (non-hydrogen) atoms. The van der Waals surface area contributed by atoms with Gasteiger partial charge in [-0.1, -0.05) is 66.5 Å². The smallest absolute Gasteiger partial charge is 0.261 e. The standard InChI is InChI=1S/C17H18N2O2S/c20-17(18-21)16-10-11-22-19(16)12-14-8-4-5-9-15(14)13-6-2-1-3-7-13/h1-9,16,21H,10-12H2,(H,18,20). The summed E-state index contributed by atoms with van der Waals surface area (Å²) in [5.74, 6) is 0.563. The van der Waals surface area contributed by atoms with E-state index in [9.17, 15) is 4.79 Å². The van der Waals surface area contributed by atoms with Crippen molar-refractivity contribution >= 4 is 17.9 Å². The molecule has 0 aromatic heterocycles. The van der Waals surface area contributed by atoms with Crippen LogP contribution in [0.1, 0.15) is 12.0 Å². The van der Waals surface area contributed by atoms with E-state index in [-0.39, 0.29) is 11.9 Å². The molecule has 1 heterocycles. The zero-order chi connectivity index (χ0) is 15.4. The van der Waals surface area contributed by atoms with Crippen LogP contribution in [0.4, 0.5) is 0 Å². The van der Waals surface area contributed by atoms with E-state index >= 15 is 0 Å². The molecule has 1 fully saturated rings. The molecule has 0 saturated carbocycles. The Labute approximate surface area is 134 Å². The predicted molar refractivity (Wildman–Crippen MR) is 88.2 cm³/mol. The van der Waals surface area contributed by atoms with Gasteiger partial charge in [-0.25, -0.2) is 9.79 Å². The van der Waals surface area contributed by atoms with E-state index in [1.54, 1.807) is 17.4 Å². The number of rotatable bonds is 4. The normalized spacial score (nSPS) is 18.3. The highest BCUT2D eigenvalue weighted by atomic mass is 32.2. The SMILES string of the molecule is O=C(NO)C1CCSN1Cc1ccccc1-c1ccccc1. The Hall–Kier alpha value is -1.82. The first kappa shape index (κ1) is 15.1. The molecule has 5 heteroatoms. The van der Waals surface area contributed by atoms with Crippen LogP contribution in [0.3, 0.4) is 0 Å². The molecule has 1 aliphatic rings. The van der Waals surface area contributed by atoms with Crippen molar-refractivity contribution in [2.24, 2.45) is 0 Å². The van der Waals surface area contributed by atoms with Gasteiger partial charge in [0.25, 0.3) is 5.91 Å². The van der Waals surface area contributed by atoms with E-state index < -0.39 is 0 Å². The van der Waals surface area contributed by atoms with Crippen LogP contribution in [0, 0.1) is 0 Å². The number of amides is 1. The number of carbonyl (C=O) groups excluding carboxylic acids is 1. The zero-order valence-corrected chi connectivity index (χ0v) is 12.9. The fourth-order valence-electron chi connectivity index (χ4n) is 2.73. The molecular formula is C17H18N2O2S. The molecular weight excluding hydrogens is 296 g/mol. The minimum Gasteiger partial charge on any atom is -0.289 e. The van der Waals surface area contributed by atoms with Gasteiger partial charge in [-0.05, 0) is 23.1 Å². The van der Waals surface area contributed by atoms with E-state index in [1.807, 2.05) is 34.6 Å². The monoisotopic (exact) mass is 314 g/mol. The molecule has 1 saturated heterocycles. The average molecular weight is 314 g/mol. The van der Waals surface area contributed by atoms with Gasteiger partial charge in [-0.2, -0.15) is 0 Å². The highest BCUT2D eigenvalue weighted by Crippen LogP contribution is 2.32. The number of nitrogens with zero attached hydrogens (tertiary/aromatic N) is 1. The maximum atomic E-state index is 11.8. The summed E-state index contributed by atoms with van der Waals surface area (Å²) in [6.45, 7) is 0.674. The summed E-state index contributed by atoms with van der Waals surface area (Å²) >= 11 is 1.65. The first-order chi connectivity index (χ1) is 10.8. The van der Waals surface area contributed by atoms with Crippen LogP contribution in [0.25, 0.3) is 11.1 Å². The number of benzene rings is 2. The third-order valence-electron chi connectivity index (χ3n) is 3.84. The van der Waals surface area contributed by atoms with Gasteiger partial charge in [0.05, 0.1) is 0 Å². The van der Waals surface area contributed by atoms with Gasteiger partial charge in [0.2, 0.25) is 0 Å². The van der Waals surface area contributed by atoms with Gasteiger partial charge in [0, 0.05) is 12.3 Å². The Bertz CT molecular complexity index is 648. The van der Waals surface area contributed by atoms with E-state index in [4.69, 9.17) is 5.21 Å². The third kappa shape index (κ3) is 3.16. The Morgan fingerprint density at radius 1 is 1.18 bits per heavy atom. The molecule has 0 radical (unpaired) electrons. The van der Waals surface area contributed by atoms with Crippen molar-refractivity contribution in [1.29, 1.82) is 0 Å². The topological polar surface area (TPSA) is 52.6 Å². The maximum absolute atomic E-state index is 11.8. The molecule has 1 aliphatic heterocycles. The van der Waals surface area contributed by atoms with Crippen molar-refractivity contribution < 1.29 is 10.0 Å². The molecule has 0 spiro atoms. The minimum absolute atomic E-state index is 0.279. The molecule has 1 atom stereocenters. The summed E-state index contributed by atoms with van der Waals surface area (Å²) in [5.41, 5.74) is 5.31. The molecule has 2 aromatic carbocycles. The first-order valence-corrected chi connectivity index (χ1v) is 8.20. The van der Waals surface area contributed by atoms with Gasteiger partial charge in [0.15, 0.2) is 0 Å². The average Bonchev–Trinajstić information content (AvgIpc) is 3.03. The molecule has 2 N–H and O–H groups in total. The molecule has 114 valence electrons. The minimum atomic E-state index is -0.331. The number of hydrogen-bond acceptors (Lipinski definition) is 4. The van der Waals surface area contributed by atoms with Crippen molar-refractivity contribution in [3.8, 4) is 11.1 Å². The van der Waals surface area contributed by atoms with Crippen molar-refractivity contribution in [3.63, 3.8) is 0 Å². The van der Waals surface area contributed by atoms with Crippen LogP contribution >= 0.6 is 11.9 Å². The van der Waals surface area contributed by atoms with Crippen LogP contribution < -0.4 is 5.48 Å². The van der Waals surface area contributed by atoms with Crippen molar-refractivity contribution in [1.82, 2.24) is 9.79 Å². The summed E-state index contributed by atoms with van der Waals surface area (Å²) in [4.78, 5) is 11.8. The molecule has 1 unspecified atom stereocenters. The second kappa shape index (κ2) is 6.96. The highest BCUT2D eigenvalue weighted by Gasteiger charge is 2.31. The van der Waals surface area contributed by atoms with Crippen LogP contribution in [0.5, 0.6) is 0 Å². The highest BCUT2D eigenvalue weighted by molar-refractivity contribution is 7.97. The van der Waals surface area contributed by atoms with E-state index in [0.29, 0.717) is 6.54 Å². The quantitative estimate of drug-likeness (QED) is 0.517. The molecule has 4 nitrogen and oxygen atoms in total. The summed E-state index contributed by atoms with van der Waals surface area (Å²) in [6, 6.07) is 18.2. The molecule has 0 bridgehead atoms. The van der Waals surface area contributed by atoms with Crippen molar-refractivity contribution in [2.45, 2.75) is 19.0 Å². The number of carbonyl (C=O) groups is 1. The zero-order valence-electron chi connectivity index (χ0n) is 12.1. The van der Waals surface area contributed by atoms with Gasteiger partial charge in [-0.15, -0.1) is 0 Å². The molecule has 3 rings (SSSR count). The number of hydrogen-bond donors (Lipinski definition) is 2. The number of hydroxylamine groups is 1. The van der Waals surface area contributed by atoms with Crippen molar-refractivity contribution in [2.75, 3.05) is 5.75 Å². The van der Waals surface area contributed by atoms with Crippen molar-refractivity contribution in [3.05, 3.63) is 60.2 Å². The van der Waals surface area contributed by atoms with Crippen LogP contribution in [-0.4, -0.2) is 27.2 Å². The Kier molecular flexibility index (Phi) is 4.77. The van der Waals surface area contributed by atoms with Gasteiger partial charge < -0.3 is 0 Å². The van der Waals surface area contributed by atoms with Crippen LogP contribution in [0.15, 0.2) is 54.6 Å². The third-order valence-corrected chi connectivity index (χ3v) is 4.97. The summed E-state index contributed by atoms with van der Waals surface area (Å²) in [7, 11) is 0. The Morgan fingerprint density at radius 2 is 1.91 bits per heavy atom. The second-order valence-corrected chi connectivity index (χ2v) is 6.35. The molecule has 2 aromatic rings. The largest absolute Gasteiger partial charge is 0.289 e. The lowest BCUT2D eigenvalue weighted by atomic mass is 9.99. The van der Waals surface area contributed by atoms with Gasteiger partial charge >= 0.3 is 0 Å². The molecule has 1 amide bonds. The maximum Gasteiger partial charge on any atom is 0.261 e. The summed E-state index contributed by atoms with van der Waals surface area (Å²) in [6.07, 6.45) is 0.755. The lowest BCUT2D eigenvalue weighted by molar-refractivity contribution is -0.132. The lowest BCUT2D eigenvalue weighted by Gasteiger charge is -2.22. The number of nitrogens with one attached hydrogen (secondary N) is 1. The van der Waals surface area contributed by atoms with E-state index in [1.165, 1.54) is 16.7 Å². The lowest BCUT2D eigenvalue weighted by Crippen LogP contribution is -2.39. The first-order valence-electron chi connectivity index (χ1n) is 7.26. The fourth-order valence-corrected chi connectivity index (χ4v) is 3.91.